The quantitative estimate of drug-likeness (QED) is 0.483. The minimum Gasteiger partial charge on any atom is -0.459 e. The van der Waals surface area contributed by atoms with E-state index in [1.54, 1.807) is 24.3 Å². The van der Waals surface area contributed by atoms with Crippen molar-refractivity contribution in [3.8, 4) is 0 Å². The third-order valence-corrected chi connectivity index (χ3v) is 6.63. The lowest BCUT2D eigenvalue weighted by molar-refractivity contribution is 0.0718. The molecule has 6 nitrogen and oxygen atoms in total. The Hall–Kier alpha value is -3.32. The van der Waals surface area contributed by atoms with Gasteiger partial charge in [-0.25, -0.2) is 0 Å². The Morgan fingerprint density at radius 2 is 1.90 bits per heavy atom. The fourth-order valence-corrected chi connectivity index (χ4v) is 4.95. The van der Waals surface area contributed by atoms with Gasteiger partial charge in [0, 0.05) is 30.2 Å². The Labute approximate surface area is 177 Å². The molecule has 1 aliphatic heterocycles. The van der Waals surface area contributed by atoms with Crippen LogP contribution in [-0.2, 0) is 0 Å². The minimum atomic E-state index is -0.319. The number of hydrogen-bond donors (Lipinski definition) is 2. The molecule has 4 heterocycles. The summed E-state index contributed by atoms with van der Waals surface area (Å²) in [5.74, 6) is 0.406. The molecule has 0 spiro atoms. The monoisotopic (exact) mass is 419 g/mol. The van der Waals surface area contributed by atoms with E-state index in [1.165, 1.54) is 28.5 Å². The van der Waals surface area contributed by atoms with Gasteiger partial charge < -0.3 is 19.6 Å². The molecule has 1 saturated heterocycles. The van der Waals surface area contributed by atoms with E-state index in [0.29, 0.717) is 15.8 Å². The lowest BCUT2D eigenvalue weighted by Crippen LogP contribution is -2.37. The standard InChI is InChI=1S/C23H21N3O3S/c27-22(19-6-3-13-29-19)25-21-8-7-20(30-21)23(28)26-11-9-15(10-12-26)17-14-24-18-5-2-1-4-16(17)18/h1-8,13-15,24H,9-12H2,(H,25,27). The molecule has 0 atom stereocenters. The van der Waals surface area contributed by atoms with E-state index in [2.05, 4.69) is 34.7 Å². The van der Waals surface area contributed by atoms with E-state index in [-0.39, 0.29) is 17.6 Å². The predicted molar refractivity (Wildman–Crippen MR) is 117 cm³/mol. The topological polar surface area (TPSA) is 78.3 Å². The summed E-state index contributed by atoms with van der Waals surface area (Å²) in [6, 6.07) is 15.2. The number of carbonyl (C=O) groups excluding carboxylic acids is 2. The maximum atomic E-state index is 12.9. The third-order valence-electron chi connectivity index (χ3n) is 5.64. The molecule has 0 saturated carbocycles. The first kappa shape index (κ1) is 18.7. The molecule has 3 aromatic heterocycles. The molecule has 0 unspecified atom stereocenters. The summed E-state index contributed by atoms with van der Waals surface area (Å²) in [6.45, 7) is 1.46. The number of anilines is 1. The van der Waals surface area contributed by atoms with Gasteiger partial charge in [0.15, 0.2) is 5.76 Å². The van der Waals surface area contributed by atoms with Gasteiger partial charge in [-0.15, -0.1) is 11.3 Å². The second-order valence-corrected chi connectivity index (χ2v) is 8.54. The molecular formula is C23H21N3O3S. The molecule has 1 fully saturated rings. The van der Waals surface area contributed by atoms with Crippen LogP contribution in [0.3, 0.4) is 0 Å². The summed E-state index contributed by atoms with van der Waals surface area (Å²) in [5.41, 5.74) is 2.51. The van der Waals surface area contributed by atoms with Crippen LogP contribution < -0.4 is 5.32 Å². The number of carbonyl (C=O) groups is 2. The van der Waals surface area contributed by atoms with Crippen molar-refractivity contribution < 1.29 is 14.0 Å². The molecular weight excluding hydrogens is 398 g/mol. The summed E-state index contributed by atoms with van der Waals surface area (Å²) in [5, 5.41) is 4.68. The van der Waals surface area contributed by atoms with Crippen molar-refractivity contribution in [1.29, 1.82) is 0 Å². The van der Waals surface area contributed by atoms with Crippen molar-refractivity contribution in [1.82, 2.24) is 9.88 Å². The lowest BCUT2D eigenvalue weighted by atomic mass is 9.89. The molecule has 0 radical (unpaired) electrons. The number of para-hydroxylation sites is 1. The SMILES string of the molecule is O=C(Nc1ccc(C(=O)N2CCC(c3c[nH]c4ccccc34)CC2)s1)c1ccco1. The molecule has 2 amide bonds. The van der Waals surface area contributed by atoms with Gasteiger partial charge in [0.1, 0.15) is 0 Å². The molecule has 0 bridgehead atoms. The van der Waals surface area contributed by atoms with E-state index >= 15 is 0 Å². The summed E-state index contributed by atoms with van der Waals surface area (Å²) in [6.07, 6.45) is 5.46. The van der Waals surface area contributed by atoms with Gasteiger partial charge in [-0.05, 0) is 54.7 Å². The van der Waals surface area contributed by atoms with Crippen molar-refractivity contribution in [3.05, 3.63) is 77.2 Å². The van der Waals surface area contributed by atoms with E-state index in [9.17, 15) is 9.59 Å². The number of likely N-dealkylation sites (tertiary alicyclic amines) is 1. The number of piperidine rings is 1. The molecule has 2 N–H and O–H groups in total. The van der Waals surface area contributed by atoms with Crippen LogP contribution in [0.25, 0.3) is 10.9 Å². The van der Waals surface area contributed by atoms with Gasteiger partial charge in [-0.1, -0.05) is 18.2 Å². The van der Waals surface area contributed by atoms with Crippen molar-refractivity contribution in [2.75, 3.05) is 18.4 Å². The van der Waals surface area contributed by atoms with Gasteiger partial charge in [-0.3, -0.25) is 9.59 Å². The summed E-state index contributed by atoms with van der Waals surface area (Å²) >= 11 is 1.29. The highest BCUT2D eigenvalue weighted by Crippen LogP contribution is 2.34. The van der Waals surface area contributed by atoms with Crippen LogP contribution in [0.1, 0.15) is 44.5 Å². The Morgan fingerprint density at radius 3 is 2.70 bits per heavy atom. The Bertz CT molecular complexity index is 1180. The zero-order chi connectivity index (χ0) is 20.5. The van der Waals surface area contributed by atoms with Crippen LogP contribution in [0.4, 0.5) is 5.00 Å². The maximum Gasteiger partial charge on any atom is 0.291 e. The molecule has 1 aliphatic rings. The molecule has 30 heavy (non-hydrogen) atoms. The number of hydrogen-bond acceptors (Lipinski definition) is 4. The first-order valence-corrected chi connectivity index (χ1v) is 10.8. The molecule has 1 aromatic carbocycles. The molecule has 4 aromatic rings. The maximum absolute atomic E-state index is 12.9. The summed E-state index contributed by atoms with van der Waals surface area (Å²) in [7, 11) is 0. The number of rotatable bonds is 4. The van der Waals surface area contributed by atoms with Crippen LogP contribution in [0, 0.1) is 0 Å². The van der Waals surface area contributed by atoms with Crippen LogP contribution in [0.2, 0.25) is 0 Å². The van der Waals surface area contributed by atoms with Crippen LogP contribution in [-0.4, -0.2) is 34.8 Å². The number of nitrogens with one attached hydrogen (secondary N) is 2. The van der Waals surface area contributed by atoms with Gasteiger partial charge in [-0.2, -0.15) is 0 Å². The highest BCUT2D eigenvalue weighted by atomic mass is 32.1. The number of furan rings is 1. The van der Waals surface area contributed by atoms with E-state index < -0.39 is 0 Å². The predicted octanol–water partition coefficient (Wildman–Crippen LogP) is 5.09. The first-order valence-electron chi connectivity index (χ1n) is 9.99. The van der Waals surface area contributed by atoms with Crippen molar-refractivity contribution in [3.63, 3.8) is 0 Å². The first-order chi connectivity index (χ1) is 14.7. The fourth-order valence-electron chi connectivity index (χ4n) is 4.08. The van der Waals surface area contributed by atoms with Crippen LogP contribution >= 0.6 is 11.3 Å². The zero-order valence-corrected chi connectivity index (χ0v) is 17.1. The zero-order valence-electron chi connectivity index (χ0n) is 16.3. The number of aromatic amines is 1. The Morgan fingerprint density at radius 1 is 1.07 bits per heavy atom. The normalized spacial score (nSPS) is 14.9. The smallest absolute Gasteiger partial charge is 0.291 e. The number of benzene rings is 1. The molecule has 5 rings (SSSR count). The molecule has 152 valence electrons. The van der Waals surface area contributed by atoms with E-state index in [1.807, 2.05) is 11.0 Å². The van der Waals surface area contributed by atoms with E-state index in [0.717, 1.165) is 31.4 Å². The van der Waals surface area contributed by atoms with Gasteiger partial charge in [0.2, 0.25) is 0 Å². The number of fused-ring (bicyclic) bond motifs is 1. The summed E-state index contributed by atoms with van der Waals surface area (Å²) in [4.78, 5) is 30.9. The van der Waals surface area contributed by atoms with Crippen LogP contribution in [0.15, 0.2) is 65.4 Å². The number of H-pyrrole nitrogens is 1. The third kappa shape index (κ3) is 3.52. The van der Waals surface area contributed by atoms with Crippen LogP contribution in [0.5, 0.6) is 0 Å². The Kier molecular flexibility index (Phi) is 4.88. The minimum absolute atomic E-state index is 0.0240. The fraction of sp³-hybridized carbons (Fsp3) is 0.217. The second kappa shape index (κ2) is 7.84. The highest BCUT2D eigenvalue weighted by molar-refractivity contribution is 7.18. The van der Waals surface area contributed by atoms with Gasteiger partial charge >= 0.3 is 0 Å². The average molecular weight is 420 g/mol. The van der Waals surface area contributed by atoms with Crippen molar-refractivity contribution >= 4 is 39.1 Å². The highest BCUT2D eigenvalue weighted by Gasteiger charge is 2.27. The average Bonchev–Trinajstić information content (AvgIpc) is 3.53. The van der Waals surface area contributed by atoms with Crippen molar-refractivity contribution in [2.24, 2.45) is 0 Å². The number of amides is 2. The van der Waals surface area contributed by atoms with E-state index in [4.69, 9.17) is 4.42 Å². The number of nitrogens with zero attached hydrogens (tertiary/aromatic N) is 1. The molecule has 0 aliphatic carbocycles. The largest absolute Gasteiger partial charge is 0.459 e. The van der Waals surface area contributed by atoms with Crippen molar-refractivity contribution in [2.45, 2.75) is 18.8 Å². The molecule has 7 heteroatoms. The Balaban J connectivity index is 1.22. The van der Waals surface area contributed by atoms with Gasteiger partial charge in [0.25, 0.3) is 11.8 Å². The second-order valence-electron chi connectivity index (χ2n) is 7.45. The van der Waals surface area contributed by atoms with Gasteiger partial charge in [0.05, 0.1) is 16.1 Å². The lowest BCUT2D eigenvalue weighted by Gasteiger charge is -2.31. The number of aromatic nitrogens is 1. The number of thiophene rings is 1. The summed E-state index contributed by atoms with van der Waals surface area (Å²) < 4.78 is 5.10.